The number of hydrogen-bond acceptors (Lipinski definition) is 4. The van der Waals surface area contributed by atoms with Crippen molar-refractivity contribution in [2.24, 2.45) is 0 Å². The molecule has 0 aromatic heterocycles. The van der Waals surface area contributed by atoms with Crippen LogP contribution in [0.1, 0.15) is 6.92 Å². The molecule has 2 heterocycles. The van der Waals surface area contributed by atoms with E-state index < -0.39 is 11.8 Å². The molecule has 14 heavy (non-hydrogen) atoms. The van der Waals surface area contributed by atoms with Crippen LogP contribution in [0, 0.1) is 0 Å². The van der Waals surface area contributed by atoms with Crippen LogP contribution in [0.15, 0.2) is 23.1 Å². The lowest BCUT2D eigenvalue weighted by Gasteiger charge is -2.33. The number of halogens is 1. The van der Waals surface area contributed by atoms with Crippen molar-refractivity contribution in [3.05, 3.63) is 23.1 Å². The second-order valence-corrected chi connectivity index (χ2v) is 3.49. The molecule has 2 aliphatic rings. The summed E-state index contributed by atoms with van der Waals surface area (Å²) in [7, 11) is 0. The molecule has 2 aliphatic heterocycles. The van der Waals surface area contributed by atoms with Crippen LogP contribution in [0.2, 0.25) is 0 Å². The summed E-state index contributed by atoms with van der Waals surface area (Å²) in [5, 5.41) is 12.5. The maximum atomic E-state index is 11.2. The van der Waals surface area contributed by atoms with Gasteiger partial charge in [-0.3, -0.25) is 9.69 Å². The number of hydrogen-bond donors (Lipinski definition) is 2. The Balaban J connectivity index is 2.34. The average molecular weight is 217 g/mol. The van der Waals surface area contributed by atoms with E-state index in [0.717, 1.165) is 0 Å². The number of nitrogens with zero attached hydrogens (tertiary/aromatic N) is 1. The van der Waals surface area contributed by atoms with E-state index in [1.165, 1.54) is 11.2 Å². The van der Waals surface area contributed by atoms with Crippen LogP contribution in [0.4, 0.5) is 0 Å². The van der Waals surface area contributed by atoms with E-state index >= 15 is 0 Å². The Bertz CT molecular complexity index is 352. The first kappa shape index (κ1) is 9.36. The summed E-state index contributed by atoms with van der Waals surface area (Å²) in [5.74, 6) is -2.03. The first-order valence-electron chi connectivity index (χ1n) is 4.02. The summed E-state index contributed by atoms with van der Waals surface area (Å²) in [6.07, 6.45) is 2.98. The van der Waals surface area contributed by atoms with E-state index in [1.54, 1.807) is 13.1 Å². The quantitative estimate of drug-likeness (QED) is 0.650. The molecule has 1 amide bonds. The highest BCUT2D eigenvalue weighted by Gasteiger charge is 2.45. The maximum absolute atomic E-state index is 11.2. The number of amides is 1. The van der Waals surface area contributed by atoms with E-state index in [-0.39, 0.29) is 11.8 Å². The van der Waals surface area contributed by atoms with Gasteiger partial charge in [-0.05, 0) is 6.92 Å². The Hall–Kier alpha value is -1.20. The largest absolute Gasteiger partial charge is 0.479 e. The van der Waals surface area contributed by atoms with Gasteiger partial charge in [0.05, 0.1) is 0 Å². The minimum atomic E-state index is -1.55. The molecule has 6 heteroatoms. The normalized spacial score (nSPS) is 31.1. The third-order valence-electron chi connectivity index (χ3n) is 2.31. The maximum Gasteiger partial charge on any atom is 0.266 e. The van der Waals surface area contributed by atoms with Crippen LogP contribution < -0.4 is 5.32 Å². The van der Waals surface area contributed by atoms with Gasteiger partial charge in [0.1, 0.15) is 11.3 Å². The Morgan fingerprint density at radius 2 is 2.50 bits per heavy atom. The lowest BCUT2D eigenvalue weighted by atomic mass is 10.2. The Morgan fingerprint density at radius 3 is 2.93 bits per heavy atom. The van der Waals surface area contributed by atoms with Crippen LogP contribution >= 0.6 is 11.6 Å². The van der Waals surface area contributed by atoms with Crippen molar-refractivity contribution in [2.45, 2.75) is 12.8 Å². The van der Waals surface area contributed by atoms with Gasteiger partial charge < -0.3 is 15.2 Å². The Morgan fingerprint density at radius 1 is 1.79 bits per heavy atom. The zero-order valence-corrected chi connectivity index (χ0v) is 8.21. The monoisotopic (exact) mass is 216 g/mol. The van der Waals surface area contributed by atoms with Crippen molar-refractivity contribution in [3.8, 4) is 0 Å². The summed E-state index contributed by atoms with van der Waals surface area (Å²) in [6, 6.07) is 0. The molecule has 0 bridgehead atoms. The molecule has 2 N–H and O–H groups in total. The molecule has 0 aliphatic carbocycles. The first-order valence-corrected chi connectivity index (χ1v) is 4.40. The van der Waals surface area contributed by atoms with Crippen LogP contribution in [0.5, 0.6) is 0 Å². The van der Waals surface area contributed by atoms with Gasteiger partial charge in [-0.2, -0.15) is 0 Å². The summed E-state index contributed by atoms with van der Waals surface area (Å²) in [5.41, 5.74) is 0.374. The molecule has 0 aromatic rings. The topological polar surface area (TPSA) is 61.8 Å². The molecule has 0 aromatic carbocycles. The second kappa shape index (κ2) is 2.90. The van der Waals surface area contributed by atoms with Gasteiger partial charge >= 0.3 is 0 Å². The number of nitrogens with one attached hydrogen (secondary N) is 1. The van der Waals surface area contributed by atoms with Crippen molar-refractivity contribution in [2.75, 3.05) is 6.73 Å². The molecule has 0 radical (unpaired) electrons. The van der Waals surface area contributed by atoms with Gasteiger partial charge in [0, 0.05) is 11.8 Å². The molecule has 76 valence electrons. The zero-order chi connectivity index (χ0) is 10.3. The smallest absolute Gasteiger partial charge is 0.266 e. The predicted molar refractivity (Wildman–Crippen MR) is 48.6 cm³/mol. The third-order valence-corrected chi connectivity index (χ3v) is 2.76. The number of carbonyl (C=O) groups is 1. The van der Waals surface area contributed by atoms with E-state index in [0.29, 0.717) is 5.57 Å². The highest BCUT2D eigenvalue weighted by molar-refractivity contribution is 6.43. The standard InChI is InChI=1S/C8H9ClN2O3/c1-5-6(9)7(12)10-8(5,13)11-2-3-14-4-11/h2-3,13H,4H2,1H3,(H,10,12). The summed E-state index contributed by atoms with van der Waals surface area (Å²) < 4.78 is 4.92. The van der Waals surface area contributed by atoms with Gasteiger partial charge in [0.2, 0.25) is 5.85 Å². The minimum Gasteiger partial charge on any atom is -0.479 e. The fraction of sp³-hybridized carbons (Fsp3) is 0.375. The van der Waals surface area contributed by atoms with Gasteiger partial charge in [0.15, 0.2) is 6.73 Å². The lowest BCUT2D eigenvalue weighted by molar-refractivity contribution is -0.131. The van der Waals surface area contributed by atoms with Crippen LogP contribution in [0.25, 0.3) is 0 Å². The Labute approximate surface area is 85.6 Å². The van der Waals surface area contributed by atoms with E-state index in [4.69, 9.17) is 16.3 Å². The van der Waals surface area contributed by atoms with Crippen molar-refractivity contribution >= 4 is 17.5 Å². The van der Waals surface area contributed by atoms with Gasteiger partial charge in [0.25, 0.3) is 5.91 Å². The molecule has 1 atom stereocenters. The van der Waals surface area contributed by atoms with Crippen LogP contribution in [-0.2, 0) is 9.53 Å². The van der Waals surface area contributed by atoms with Gasteiger partial charge in [-0.25, -0.2) is 0 Å². The fourth-order valence-electron chi connectivity index (χ4n) is 1.40. The summed E-state index contributed by atoms with van der Waals surface area (Å²) in [4.78, 5) is 12.6. The molecule has 0 fully saturated rings. The fourth-order valence-corrected chi connectivity index (χ4v) is 1.58. The third kappa shape index (κ3) is 1.09. The molecule has 0 spiro atoms. The Kier molecular flexibility index (Phi) is 1.94. The lowest BCUT2D eigenvalue weighted by Crippen LogP contribution is -2.55. The summed E-state index contributed by atoms with van der Waals surface area (Å²) >= 11 is 5.69. The molecular formula is C8H9ClN2O3. The molecule has 0 saturated heterocycles. The molecule has 2 rings (SSSR count). The predicted octanol–water partition coefficient (Wildman–Crippen LogP) is 0.0360. The van der Waals surface area contributed by atoms with Crippen molar-refractivity contribution in [1.29, 1.82) is 0 Å². The van der Waals surface area contributed by atoms with Crippen molar-refractivity contribution in [3.63, 3.8) is 0 Å². The van der Waals surface area contributed by atoms with E-state index in [2.05, 4.69) is 5.32 Å². The van der Waals surface area contributed by atoms with E-state index in [9.17, 15) is 9.90 Å². The number of ether oxygens (including phenoxy) is 1. The average Bonchev–Trinajstić information content (AvgIpc) is 2.73. The zero-order valence-electron chi connectivity index (χ0n) is 7.45. The summed E-state index contributed by atoms with van der Waals surface area (Å²) in [6.45, 7) is 1.77. The highest BCUT2D eigenvalue weighted by atomic mass is 35.5. The van der Waals surface area contributed by atoms with E-state index in [1.807, 2.05) is 0 Å². The molecule has 0 saturated carbocycles. The number of rotatable bonds is 1. The van der Waals surface area contributed by atoms with Gasteiger partial charge in [-0.1, -0.05) is 11.6 Å². The number of carbonyl (C=O) groups excluding carboxylic acids is 1. The second-order valence-electron chi connectivity index (χ2n) is 3.12. The van der Waals surface area contributed by atoms with Crippen LogP contribution in [0.3, 0.4) is 0 Å². The van der Waals surface area contributed by atoms with Crippen molar-refractivity contribution in [1.82, 2.24) is 10.2 Å². The van der Waals surface area contributed by atoms with Crippen LogP contribution in [-0.4, -0.2) is 28.5 Å². The molecule has 1 unspecified atom stereocenters. The highest BCUT2D eigenvalue weighted by Crippen LogP contribution is 2.31. The molecular weight excluding hydrogens is 208 g/mol. The molecule has 5 nitrogen and oxygen atoms in total. The number of aliphatic hydroxyl groups is 1. The minimum absolute atomic E-state index is 0.0211. The SMILES string of the molecule is CC1=C(Cl)C(=O)NC1(O)N1C=COC1. The van der Waals surface area contributed by atoms with Crippen molar-refractivity contribution < 1.29 is 14.6 Å². The first-order chi connectivity index (χ1) is 6.55. The van der Waals surface area contributed by atoms with Gasteiger partial charge in [-0.15, -0.1) is 0 Å².